The molecule has 2 aliphatic heterocycles. The van der Waals surface area contributed by atoms with Crippen molar-refractivity contribution >= 4 is 10.8 Å². The van der Waals surface area contributed by atoms with E-state index < -0.39 is 10.8 Å². The van der Waals surface area contributed by atoms with E-state index in [1.807, 2.05) is 0 Å². The molecule has 2 saturated heterocycles. The molecule has 2 atom stereocenters. The largest absolute Gasteiger partial charge is 0.371 e. The molecular formula is C11H21NO2S. The molecule has 0 aliphatic carbocycles. The zero-order chi connectivity index (χ0) is 10.9. The third-order valence-electron chi connectivity index (χ3n) is 3.21. The number of hydrogen-bond donors (Lipinski definition) is 1. The van der Waals surface area contributed by atoms with Crippen LogP contribution in [-0.2, 0) is 15.5 Å². The molecule has 2 rings (SSSR count). The molecule has 2 aliphatic rings. The van der Waals surface area contributed by atoms with Gasteiger partial charge in [-0.2, -0.15) is 0 Å². The zero-order valence-electron chi connectivity index (χ0n) is 9.62. The van der Waals surface area contributed by atoms with Crippen molar-refractivity contribution in [3.63, 3.8) is 0 Å². The number of rotatable bonds is 4. The molecule has 0 aromatic carbocycles. The molecule has 0 radical (unpaired) electrons. The van der Waals surface area contributed by atoms with Gasteiger partial charge >= 0.3 is 0 Å². The third-order valence-corrected chi connectivity index (χ3v) is 4.80. The Morgan fingerprint density at radius 2 is 2.13 bits per heavy atom. The van der Waals surface area contributed by atoms with E-state index in [4.69, 9.17) is 4.74 Å². The molecule has 2 fully saturated rings. The van der Waals surface area contributed by atoms with Gasteiger partial charge in [0.2, 0.25) is 0 Å². The number of ether oxygens (including phenoxy) is 1. The van der Waals surface area contributed by atoms with Gasteiger partial charge in [0.25, 0.3) is 0 Å². The molecular weight excluding hydrogens is 210 g/mol. The first-order valence-electron chi connectivity index (χ1n) is 5.79. The van der Waals surface area contributed by atoms with Crippen molar-refractivity contribution in [3.05, 3.63) is 0 Å². The van der Waals surface area contributed by atoms with E-state index in [0.29, 0.717) is 5.92 Å². The summed E-state index contributed by atoms with van der Waals surface area (Å²) in [5.74, 6) is 2.23. The standard InChI is InChI=1S/C11H21NO2S/c1-11(2)4-3-10(14-11)8-15(13)7-9-5-12-6-9/h9-10,12H,3-8H2,1-2H3. The summed E-state index contributed by atoms with van der Waals surface area (Å²) in [5.41, 5.74) is 0.00684. The maximum absolute atomic E-state index is 11.8. The van der Waals surface area contributed by atoms with Crippen LogP contribution in [0.4, 0.5) is 0 Å². The van der Waals surface area contributed by atoms with Crippen LogP contribution in [0.15, 0.2) is 0 Å². The summed E-state index contributed by atoms with van der Waals surface area (Å²) in [7, 11) is -0.687. The van der Waals surface area contributed by atoms with Gasteiger partial charge in [0, 0.05) is 35.4 Å². The summed E-state index contributed by atoms with van der Waals surface area (Å²) in [6.45, 7) is 6.32. The fourth-order valence-corrected chi connectivity index (χ4v) is 3.75. The Labute approximate surface area is 94.4 Å². The Morgan fingerprint density at radius 1 is 1.40 bits per heavy atom. The first kappa shape index (κ1) is 11.6. The molecule has 0 amide bonds. The van der Waals surface area contributed by atoms with Gasteiger partial charge in [-0.15, -0.1) is 0 Å². The fourth-order valence-electron chi connectivity index (χ4n) is 2.20. The van der Waals surface area contributed by atoms with E-state index in [0.717, 1.165) is 37.4 Å². The minimum Gasteiger partial charge on any atom is -0.371 e. The van der Waals surface area contributed by atoms with E-state index in [1.54, 1.807) is 0 Å². The lowest BCUT2D eigenvalue weighted by Crippen LogP contribution is -2.45. The van der Waals surface area contributed by atoms with Gasteiger partial charge in [0.1, 0.15) is 0 Å². The van der Waals surface area contributed by atoms with Crippen molar-refractivity contribution in [2.45, 2.75) is 38.4 Å². The third kappa shape index (κ3) is 3.26. The van der Waals surface area contributed by atoms with Crippen LogP contribution >= 0.6 is 0 Å². The smallest absolute Gasteiger partial charge is 0.0698 e. The van der Waals surface area contributed by atoms with Gasteiger partial charge < -0.3 is 10.1 Å². The summed E-state index contributed by atoms with van der Waals surface area (Å²) in [6.07, 6.45) is 2.40. The highest BCUT2D eigenvalue weighted by atomic mass is 32.2. The SMILES string of the molecule is CC1(C)CCC(CS(=O)CC2CNC2)O1. The minimum absolute atomic E-state index is 0.00684. The Hall–Kier alpha value is 0.0700. The van der Waals surface area contributed by atoms with Crippen molar-refractivity contribution in [2.75, 3.05) is 24.6 Å². The summed E-state index contributed by atoms with van der Waals surface area (Å²) >= 11 is 0. The van der Waals surface area contributed by atoms with Gasteiger partial charge in [-0.25, -0.2) is 0 Å². The number of nitrogens with one attached hydrogen (secondary N) is 1. The predicted octanol–water partition coefficient (Wildman–Crippen LogP) is 0.912. The molecule has 3 nitrogen and oxygen atoms in total. The van der Waals surface area contributed by atoms with Crippen molar-refractivity contribution in [3.8, 4) is 0 Å². The van der Waals surface area contributed by atoms with Crippen molar-refractivity contribution in [2.24, 2.45) is 5.92 Å². The minimum atomic E-state index is -0.687. The molecule has 0 saturated carbocycles. The van der Waals surface area contributed by atoms with Gasteiger partial charge in [0.05, 0.1) is 11.7 Å². The van der Waals surface area contributed by atoms with Gasteiger partial charge in [-0.05, 0) is 32.6 Å². The monoisotopic (exact) mass is 231 g/mol. The Morgan fingerprint density at radius 3 is 2.60 bits per heavy atom. The normalized spacial score (nSPS) is 32.5. The van der Waals surface area contributed by atoms with Crippen LogP contribution in [0.1, 0.15) is 26.7 Å². The molecule has 0 aromatic rings. The first-order valence-corrected chi connectivity index (χ1v) is 7.27. The molecule has 0 spiro atoms. The average molecular weight is 231 g/mol. The highest BCUT2D eigenvalue weighted by Gasteiger charge is 2.33. The summed E-state index contributed by atoms with van der Waals surface area (Å²) in [4.78, 5) is 0. The summed E-state index contributed by atoms with van der Waals surface area (Å²) in [6, 6.07) is 0. The maximum atomic E-state index is 11.8. The zero-order valence-corrected chi connectivity index (χ0v) is 10.4. The van der Waals surface area contributed by atoms with Crippen molar-refractivity contribution in [1.82, 2.24) is 5.32 Å². The molecule has 0 aromatic heterocycles. The van der Waals surface area contributed by atoms with Gasteiger partial charge in [-0.1, -0.05) is 0 Å². The van der Waals surface area contributed by atoms with Crippen LogP contribution in [-0.4, -0.2) is 40.5 Å². The van der Waals surface area contributed by atoms with Crippen molar-refractivity contribution in [1.29, 1.82) is 0 Å². The molecule has 1 N–H and O–H groups in total. The molecule has 2 heterocycles. The molecule has 15 heavy (non-hydrogen) atoms. The van der Waals surface area contributed by atoms with Crippen LogP contribution in [0.5, 0.6) is 0 Å². The van der Waals surface area contributed by atoms with Gasteiger partial charge in [0.15, 0.2) is 0 Å². The second kappa shape index (κ2) is 4.52. The lowest BCUT2D eigenvalue weighted by molar-refractivity contribution is -0.00500. The Kier molecular flexibility index (Phi) is 3.48. The van der Waals surface area contributed by atoms with Crippen LogP contribution in [0.25, 0.3) is 0 Å². The quantitative estimate of drug-likeness (QED) is 0.781. The Balaban J connectivity index is 1.70. The predicted molar refractivity (Wildman–Crippen MR) is 62.4 cm³/mol. The lowest BCUT2D eigenvalue weighted by atomic mass is 10.1. The van der Waals surface area contributed by atoms with Gasteiger partial charge in [-0.3, -0.25) is 4.21 Å². The van der Waals surface area contributed by atoms with Crippen LogP contribution < -0.4 is 5.32 Å². The lowest BCUT2D eigenvalue weighted by Gasteiger charge is -2.27. The first-order chi connectivity index (χ1) is 7.05. The topological polar surface area (TPSA) is 38.3 Å². The van der Waals surface area contributed by atoms with E-state index >= 15 is 0 Å². The molecule has 0 bridgehead atoms. The molecule has 2 unspecified atom stereocenters. The van der Waals surface area contributed by atoms with E-state index in [2.05, 4.69) is 19.2 Å². The fraction of sp³-hybridized carbons (Fsp3) is 1.00. The number of hydrogen-bond acceptors (Lipinski definition) is 3. The second-order valence-corrected chi connectivity index (χ2v) is 6.88. The molecule has 4 heteroatoms. The van der Waals surface area contributed by atoms with Crippen LogP contribution in [0.2, 0.25) is 0 Å². The highest BCUT2D eigenvalue weighted by molar-refractivity contribution is 7.85. The molecule has 88 valence electrons. The summed E-state index contributed by atoms with van der Waals surface area (Å²) in [5, 5.41) is 3.21. The van der Waals surface area contributed by atoms with Crippen LogP contribution in [0.3, 0.4) is 0 Å². The second-order valence-electron chi connectivity index (χ2n) is 5.34. The maximum Gasteiger partial charge on any atom is 0.0698 e. The van der Waals surface area contributed by atoms with Crippen LogP contribution in [0, 0.1) is 5.92 Å². The Bertz CT molecular complexity index is 251. The van der Waals surface area contributed by atoms with E-state index in [1.165, 1.54) is 0 Å². The highest BCUT2D eigenvalue weighted by Crippen LogP contribution is 2.29. The van der Waals surface area contributed by atoms with E-state index in [-0.39, 0.29) is 11.7 Å². The average Bonchev–Trinajstić information content (AvgIpc) is 2.38. The van der Waals surface area contributed by atoms with E-state index in [9.17, 15) is 4.21 Å². The summed E-state index contributed by atoms with van der Waals surface area (Å²) < 4.78 is 17.7. The van der Waals surface area contributed by atoms with Crippen molar-refractivity contribution < 1.29 is 8.95 Å².